The zero-order chi connectivity index (χ0) is 14.4. The largest absolute Gasteiger partial charge is 0.313 e. The van der Waals surface area contributed by atoms with Gasteiger partial charge in [-0.2, -0.15) is 0 Å². The van der Waals surface area contributed by atoms with E-state index >= 15 is 0 Å². The van der Waals surface area contributed by atoms with Gasteiger partial charge in [0.15, 0.2) is 11.6 Å². The Morgan fingerprint density at radius 3 is 2.90 bits per heavy atom. The molecule has 4 heteroatoms. The normalized spacial score (nSPS) is 18.9. The highest BCUT2D eigenvalue weighted by Gasteiger charge is 2.19. The minimum atomic E-state index is -0.753. The Labute approximate surface area is 120 Å². The maximum atomic E-state index is 13.8. The molecule has 0 bridgehead atoms. The number of rotatable bonds is 7. The second-order valence-electron chi connectivity index (χ2n) is 5.59. The van der Waals surface area contributed by atoms with E-state index in [1.807, 2.05) is 0 Å². The number of nitrogens with zero attached hydrogens (tertiary/aromatic N) is 1. The Morgan fingerprint density at radius 1 is 1.35 bits per heavy atom. The molecule has 1 aliphatic rings. The van der Waals surface area contributed by atoms with Gasteiger partial charge in [0.2, 0.25) is 0 Å². The molecule has 0 spiro atoms. The zero-order valence-corrected chi connectivity index (χ0v) is 12.2. The molecule has 1 unspecified atom stereocenters. The number of hydrogen-bond acceptors (Lipinski definition) is 2. The van der Waals surface area contributed by atoms with Gasteiger partial charge in [0.25, 0.3) is 0 Å². The van der Waals surface area contributed by atoms with E-state index in [1.54, 1.807) is 12.1 Å². The molecule has 1 aromatic carbocycles. The lowest BCUT2D eigenvalue weighted by molar-refractivity contribution is 0.234. The van der Waals surface area contributed by atoms with Crippen LogP contribution in [0.4, 0.5) is 8.78 Å². The van der Waals surface area contributed by atoms with Crippen LogP contribution in [0.25, 0.3) is 0 Å². The van der Waals surface area contributed by atoms with Gasteiger partial charge in [-0.05, 0) is 38.4 Å². The highest BCUT2D eigenvalue weighted by Crippen LogP contribution is 2.16. The molecule has 112 valence electrons. The van der Waals surface area contributed by atoms with Gasteiger partial charge in [-0.1, -0.05) is 25.5 Å². The average molecular weight is 282 g/mol. The smallest absolute Gasteiger partial charge is 0.163 e. The fourth-order valence-corrected chi connectivity index (χ4v) is 2.75. The molecule has 1 saturated heterocycles. The molecule has 2 rings (SSSR count). The maximum Gasteiger partial charge on any atom is 0.163 e. The van der Waals surface area contributed by atoms with Gasteiger partial charge in [0.1, 0.15) is 0 Å². The molecule has 0 radical (unpaired) electrons. The molecular weight excluding hydrogens is 258 g/mol. The van der Waals surface area contributed by atoms with Gasteiger partial charge >= 0.3 is 0 Å². The minimum Gasteiger partial charge on any atom is -0.313 e. The molecule has 1 N–H and O–H groups in total. The van der Waals surface area contributed by atoms with Crippen molar-refractivity contribution in [2.24, 2.45) is 0 Å². The number of nitrogens with one attached hydrogen (secondary N) is 1. The van der Waals surface area contributed by atoms with E-state index in [1.165, 1.54) is 18.9 Å². The standard InChI is InChI=1S/C16H24F2N2/c1-2-3-10-20(12-14-7-5-9-19-14)11-13-6-4-8-15(17)16(13)18/h4,6,8,14,19H,2-3,5,7,9-12H2,1H3. The minimum absolute atomic E-state index is 0.458. The first-order valence-corrected chi connectivity index (χ1v) is 7.59. The fraction of sp³-hybridized carbons (Fsp3) is 0.625. The fourth-order valence-electron chi connectivity index (χ4n) is 2.75. The van der Waals surface area contributed by atoms with Crippen molar-refractivity contribution in [1.29, 1.82) is 0 Å². The number of unbranched alkanes of at least 4 members (excludes halogenated alkanes) is 1. The van der Waals surface area contributed by atoms with Gasteiger partial charge < -0.3 is 5.32 Å². The Morgan fingerprint density at radius 2 is 2.20 bits per heavy atom. The van der Waals surface area contributed by atoms with Crippen LogP contribution in [0.5, 0.6) is 0 Å². The van der Waals surface area contributed by atoms with Crippen molar-refractivity contribution in [3.05, 3.63) is 35.4 Å². The van der Waals surface area contributed by atoms with Crippen LogP contribution in [0.1, 0.15) is 38.2 Å². The molecule has 1 atom stereocenters. The molecule has 0 aromatic heterocycles. The van der Waals surface area contributed by atoms with Crippen molar-refractivity contribution in [3.63, 3.8) is 0 Å². The van der Waals surface area contributed by atoms with Crippen LogP contribution >= 0.6 is 0 Å². The van der Waals surface area contributed by atoms with Crippen LogP contribution in [-0.4, -0.2) is 30.6 Å². The van der Waals surface area contributed by atoms with E-state index in [0.29, 0.717) is 18.2 Å². The second kappa shape index (κ2) is 7.70. The van der Waals surface area contributed by atoms with Crippen LogP contribution in [0.2, 0.25) is 0 Å². The molecule has 1 aliphatic heterocycles. The maximum absolute atomic E-state index is 13.8. The summed E-state index contributed by atoms with van der Waals surface area (Å²) in [4.78, 5) is 2.24. The topological polar surface area (TPSA) is 15.3 Å². The SMILES string of the molecule is CCCCN(Cc1cccc(F)c1F)CC1CCCN1. The summed E-state index contributed by atoms with van der Waals surface area (Å²) in [6, 6.07) is 4.93. The third-order valence-corrected chi connectivity index (χ3v) is 3.89. The molecule has 1 aromatic rings. The molecule has 2 nitrogen and oxygen atoms in total. The highest BCUT2D eigenvalue weighted by atomic mass is 19.2. The van der Waals surface area contributed by atoms with Crippen molar-refractivity contribution < 1.29 is 8.78 Å². The summed E-state index contributed by atoms with van der Waals surface area (Å²) in [5.74, 6) is -1.45. The lowest BCUT2D eigenvalue weighted by Crippen LogP contribution is -2.37. The van der Waals surface area contributed by atoms with Crippen molar-refractivity contribution in [1.82, 2.24) is 10.2 Å². The molecule has 1 heterocycles. The van der Waals surface area contributed by atoms with Crippen LogP contribution in [-0.2, 0) is 6.54 Å². The van der Waals surface area contributed by atoms with Crippen molar-refractivity contribution in [2.45, 2.75) is 45.2 Å². The predicted octanol–water partition coefficient (Wildman–Crippen LogP) is 3.32. The Bertz CT molecular complexity index is 417. The van der Waals surface area contributed by atoms with Crippen LogP contribution < -0.4 is 5.32 Å². The van der Waals surface area contributed by atoms with Gasteiger partial charge in [-0.15, -0.1) is 0 Å². The number of hydrogen-bond donors (Lipinski definition) is 1. The summed E-state index contributed by atoms with van der Waals surface area (Å²) in [5, 5.41) is 3.47. The molecule has 20 heavy (non-hydrogen) atoms. The van der Waals surface area contributed by atoms with Gasteiger partial charge in [0.05, 0.1) is 0 Å². The Balaban J connectivity index is 1.99. The second-order valence-corrected chi connectivity index (χ2v) is 5.59. The number of benzene rings is 1. The molecule has 0 aliphatic carbocycles. The predicted molar refractivity (Wildman–Crippen MR) is 77.6 cm³/mol. The van der Waals surface area contributed by atoms with Crippen molar-refractivity contribution in [2.75, 3.05) is 19.6 Å². The van der Waals surface area contributed by atoms with Crippen LogP contribution in [0, 0.1) is 11.6 Å². The summed E-state index contributed by atoms with van der Waals surface area (Å²) in [6.07, 6.45) is 4.58. The summed E-state index contributed by atoms with van der Waals surface area (Å²) < 4.78 is 27.1. The Kier molecular flexibility index (Phi) is 5.92. The first kappa shape index (κ1) is 15.4. The van der Waals surface area contributed by atoms with Crippen LogP contribution in [0.15, 0.2) is 18.2 Å². The Hall–Kier alpha value is -1.00. The van der Waals surface area contributed by atoms with Crippen molar-refractivity contribution in [3.8, 4) is 0 Å². The third-order valence-electron chi connectivity index (χ3n) is 3.89. The summed E-state index contributed by atoms with van der Waals surface area (Å²) in [5.41, 5.74) is 0.458. The summed E-state index contributed by atoms with van der Waals surface area (Å²) in [6.45, 7) is 5.55. The van der Waals surface area contributed by atoms with Gasteiger partial charge in [-0.3, -0.25) is 4.90 Å². The lowest BCUT2D eigenvalue weighted by Gasteiger charge is -2.25. The highest BCUT2D eigenvalue weighted by molar-refractivity contribution is 5.18. The number of halogens is 2. The molecule has 0 saturated carbocycles. The molecule has 1 fully saturated rings. The van der Waals surface area contributed by atoms with E-state index < -0.39 is 11.6 Å². The first-order valence-electron chi connectivity index (χ1n) is 7.59. The van der Waals surface area contributed by atoms with E-state index in [0.717, 1.165) is 32.5 Å². The summed E-state index contributed by atoms with van der Waals surface area (Å²) in [7, 11) is 0. The third kappa shape index (κ3) is 4.25. The van der Waals surface area contributed by atoms with Crippen LogP contribution in [0.3, 0.4) is 0 Å². The monoisotopic (exact) mass is 282 g/mol. The quantitative estimate of drug-likeness (QED) is 0.825. The zero-order valence-electron chi connectivity index (χ0n) is 12.2. The molecular formula is C16H24F2N2. The van der Waals surface area contributed by atoms with Gasteiger partial charge in [0, 0.05) is 24.7 Å². The van der Waals surface area contributed by atoms with E-state index in [2.05, 4.69) is 17.1 Å². The van der Waals surface area contributed by atoms with E-state index in [9.17, 15) is 8.78 Å². The first-order chi connectivity index (χ1) is 9.70. The average Bonchev–Trinajstić information content (AvgIpc) is 2.94. The van der Waals surface area contributed by atoms with E-state index in [4.69, 9.17) is 0 Å². The molecule has 0 amide bonds. The van der Waals surface area contributed by atoms with Gasteiger partial charge in [-0.25, -0.2) is 8.78 Å². The lowest BCUT2D eigenvalue weighted by atomic mass is 10.1. The van der Waals surface area contributed by atoms with Crippen molar-refractivity contribution >= 4 is 0 Å². The van der Waals surface area contributed by atoms with E-state index in [-0.39, 0.29) is 0 Å². The summed E-state index contributed by atoms with van der Waals surface area (Å²) >= 11 is 0.